The van der Waals surface area contributed by atoms with E-state index in [1.807, 2.05) is 84.1 Å². The van der Waals surface area contributed by atoms with Gasteiger partial charge in [-0.05, 0) is 75.6 Å². The van der Waals surface area contributed by atoms with Crippen molar-refractivity contribution in [3.8, 4) is 0 Å². The fourth-order valence-corrected chi connectivity index (χ4v) is 6.03. The topological polar surface area (TPSA) is 67.7 Å². The van der Waals surface area contributed by atoms with Crippen LogP contribution in [-0.2, 0) is 11.3 Å². The predicted molar refractivity (Wildman–Crippen MR) is 167 cm³/mol. The molecule has 3 aromatic carbocycles. The number of Topliss-reactive ketones (excluding diaryl/α,β-unsaturated/α-hetero) is 1. The Balaban J connectivity index is 1.20. The fourth-order valence-electron chi connectivity index (χ4n) is 6.03. The van der Waals surface area contributed by atoms with E-state index in [9.17, 15) is 9.59 Å². The number of rotatable bonds is 13. The molecule has 1 amide bonds. The number of hydrogen-bond donors (Lipinski definition) is 0. The van der Waals surface area contributed by atoms with Gasteiger partial charge in [0.05, 0.1) is 17.6 Å². The summed E-state index contributed by atoms with van der Waals surface area (Å²) >= 11 is 0. The van der Waals surface area contributed by atoms with Crippen molar-refractivity contribution in [3.63, 3.8) is 0 Å². The number of hydrogen-bond acceptors (Lipinski definition) is 5. The molecule has 1 aliphatic heterocycles. The van der Waals surface area contributed by atoms with Crippen molar-refractivity contribution in [3.05, 3.63) is 102 Å². The summed E-state index contributed by atoms with van der Waals surface area (Å²) in [6.45, 7) is 7.17. The van der Waals surface area contributed by atoms with Crippen LogP contribution in [0.25, 0.3) is 11.0 Å². The minimum Gasteiger partial charge on any atom is -0.380 e. The summed E-state index contributed by atoms with van der Waals surface area (Å²) < 4.78 is 7.64. The molecule has 1 saturated heterocycles. The third kappa shape index (κ3) is 7.15. The zero-order chi connectivity index (χ0) is 29.3. The first kappa shape index (κ1) is 29.7. The van der Waals surface area contributed by atoms with Crippen molar-refractivity contribution < 1.29 is 14.3 Å². The lowest BCUT2D eigenvalue weighted by Gasteiger charge is -2.33. The highest BCUT2D eigenvalue weighted by atomic mass is 16.5. The van der Waals surface area contributed by atoms with Crippen molar-refractivity contribution in [1.29, 1.82) is 0 Å². The summed E-state index contributed by atoms with van der Waals surface area (Å²) in [5.41, 5.74) is 3.81. The number of carbonyl (C=O) groups excluding carboxylic acids is 2. The second kappa shape index (κ2) is 14.4. The molecule has 0 spiro atoms. The lowest BCUT2D eigenvalue weighted by Crippen LogP contribution is -2.38. The fraction of sp³-hybridized carbons (Fsp3) is 0.400. The minimum atomic E-state index is -0.0246. The maximum Gasteiger partial charge on any atom is 0.253 e. The smallest absolute Gasteiger partial charge is 0.253 e. The standard InChI is InChI=1S/C35H42N4O3/c1-3-42-25-24-39-32-17-11-10-16-31(32)36-34(39)33(40)28-18-21-38(22-19-28)23-20-30(27-12-6-4-7-13-27)26-37(2)35(41)29-14-8-5-9-15-29/h4-17,28,30H,3,18-26H2,1-2H3. The van der Waals surface area contributed by atoms with Crippen LogP contribution in [0.15, 0.2) is 84.9 Å². The Morgan fingerprint density at radius 3 is 2.31 bits per heavy atom. The van der Waals surface area contributed by atoms with E-state index in [1.165, 1.54) is 5.56 Å². The van der Waals surface area contributed by atoms with Crippen LogP contribution in [0, 0.1) is 5.92 Å². The summed E-state index contributed by atoms with van der Waals surface area (Å²) in [5.74, 6) is 0.954. The SMILES string of the molecule is CCOCCn1c(C(=O)C2CCN(CCC(CN(C)C(=O)c3ccccc3)c3ccccc3)CC2)nc2ccccc21. The number of ketones is 1. The number of fused-ring (bicyclic) bond motifs is 1. The zero-order valence-electron chi connectivity index (χ0n) is 24.8. The normalized spacial score (nSPS) is 15.1. The van der Waals surface area contributed by atoms with Crippen LogP contribution in [0.3, 0.4) is 0 Å². The maximum absolute atomic E-state index is 13.7. The number of aromatic nitrogens is 2. The van der Waals surface area contributed by atoms with Crippen molar-refractivity contribution in [2.75, 3.05) is 46.4 Å². The Morgan fingerprint density at radius 2 is 1.60 bits per heavy atom. The summed E-state index contributed by atoms with van der Waals surface area (Å²) in [7, 11) is 1.89. The molecule has 1 aromatic heterocycles. The molecule has 1 unspecified atom stereocenters. The van der Waals surface area contributed by atoms with Gasteiger partial charge < -0.3 is 19.1 Å². The molecular formula is C35H42N4O3. The van der Waals surface area contributed by atoms with Crippen LogP contribution in [0.1, 0.15) is 58.6 Å². The van der Waals surface area contributed by atoms with Gasteiger partial charge in [-0.3, -0.25) is 9.59 Å². The highest BCUT2D eigenvalue weighted by molar-refractivity contribution is 5.98. The monoisotopic (exact) mass is 566 g/mol. The molecular weight excluding hydrogens is 524 g/mol. The van der Waals surface area contributed by atoms with Gasteiger partial charge in [-0.1, -0.05) is 60.7 Å². The van der Waals surface area contributed by atoms with E-state index in [2.05, 4.69) is 29.2 Å². The third-order valence-electron chi connectivity index (χ3n) is 8.42. The van der Waals surface area contributed by atoms with Gasteiger partial charge in [0.25, 0.3) is 5.91 Å². The number of amides is 1. The number of nitrogens with zero attached hydrogens (tertiary/aromatic N) is 4. The van der Waals surface area contributed by atoms with E-state index in [1.54, 1.807) is 0 Å². The molecule has 0 saturated carbocycles. The zero-order valence-corrected chi connectivity index (χ0v) is 24.8. The number of carbonyl (C=O) groups is 2. The number of benzene rings is 3. The summed E-state index contributed by atoms with van der Waals surface area (Å²) in [5, 5.41) is 0. The molecule has 0 bridgehead atoms. The number of piperidine rings is 1. The molecule has 2 heterocycles. The Morgan fingerprint density at radius 1 is 0.929 bits per heavy atom. The van der Waals surface area contributed by atoms with Crippen LogP contribution >= 0.6 is 0 Å². The van der Waals surface area contributed by atoms with Crippen LogP contribution in [0.2, 0.25) is 0 Å². The molecule has 0 N–H and O–H groups in total. The molecule has 7 nitrogen and oxygen atoms in total. The minimum absolute atomic E-state index is 0.0246. The van der Waals surface area contributed by atoms with E-state index in [0.717, 1.165) is 49.9 Å². The van der Waals surface area contributed by atoms with Crippen molar-refractivity contribution in [2.24, 2.45) is 5.92 Å². The first-order valence-corrected chi connectivity index (χ1v) is 15.2. The van der Waals surface area contributed by atoms with Crippen molar-refractivity contribution >= 4 is 22.7 Å². The molecule has 220 valence electrons. The van der Waals surface area contributed by atoms with Crippen LogP contribution < -0.4 is 0 Å². The maximum atomic E-state index is 13.7. The van der Waals surface area contributed by atoms with Gasteiger partial charge in [0, 0.05) is 44.1 Å². The van der Waals surface area contributed by atoms with E-state index in [4.69, 9.17) is 9.72 Å². The van der Waals surface area contributed by atoms with Gasteiger partial charge in [0.1, 0.15) is 0 Å². The van der Waals surface area contributed by atoms with E-state index in [0.29, 0.717) is 37.7 Å². The Hall–Kier alpha value is -3.81. The van der Waals surface area contributed by atoms with Gasteiger partial charge in [-0.2, -0.15) is 0 Å². The number of ether oxygens (including phenoxy) is 1. The Bertz CT molecular complexity index is 1450. The van der Waals surface area contributed by atoms with E-state index < -0.39 is 0 Å². The molecule has 1 atom stereocenters. The number of imidazole rings is 1. The highest BCUT2D eigenvalue weighted by Crippen LogP contribution is 2.27. The van der Waals surface area contributed by atoms with Crippen molar-refractivity contribution in [1.82, 2.24) is 19.4 Å². The average molecular weight is 567 g/mol. The van der Waals surface area contributed by atoms with Crippen LogP contribution in [0.4, 0.5) is 0 Å². The number of likely N-dealkylation sites (tertiary alicyclic amines) is 1. The number of para-hydroxylation sites is 2. The molecule has 4 aromatic rings. The quantitative estimate of drug-likeness (QED) is 0.149. The molecule has 42 heavy (non-hydrogen) atoms. The first-order chi connectivity index (χ1) is 20.5. The lowest BCUT2D eigenvalue weighted by atomic mass is 9.90. The molecule has 7 heteroatoms. The summed E-state index contributed by atoms with van der Waals surface area (Å²) in [4.78, 5) is 35.8. The van der Waals surface area contributed by atoms with Crippen LogP contribution in [0.5, 0.6) is 0 Å². The second-order valence-corrected chi connectivity index (χ2v) is 11.2. The summed E-state index contributed by atoms with van der Waals surface area (Å²) in [6, 6.07) is 27.9. The predicted octanol–water partition coefficient (Wildman–Crippen LogP) is 5.91. The van der Waals surface area contributed by atoms with E-state index in [-0.39, 0.29) is 23.5 Å². The third-order valence-corrected chi connectivity index (χ3v) is 8.42. The Kier molecular flexibility index (Phi) is 10.2. The Labute approximate surface area is 249 Å². The molecule has 0 radical (unpaired) electrons. The number of likely N-dealkylation sites (N-methyl/N-ethyl adjacent to an activating group) is 1. The molecule has 1 fully saturated rings. The summed E-state index contributed by atoms with van der Waals surface area (Å²) in [6.07, 6.45) is 2.61. The largest absolute Gasteiger partial charge is 0.380 e. The van der Waals surface area contributed by atoms with Crippen LogP contribution in [-0.4, -0.2) is 77.5 Å². The van der Waals surface area contributed by atoms with Gasteiger partial charge >= 0.3 is 0 Å². The van der Waals surface area contributed by atoms with Gasteiger partial charge in [-0.25, -0.2) is 4.98 Å². The molecule has 0 aliphatic carbocycles. The molecule has 5 rings (SSSR count). The first-order valence-electron chi connectivity index (χ1n) is 15.2. The lowest BCUT2D eigenvalue weighted by molar-refractivity contribution is 0.0779. The van der Waals surface area contributed by atoms with Gasteiger partial charge in [-0.15, -0.1) is 0 Å². The highest BCUT2D eigenvalue weighted by Gasteiger charge is 2.30. The van der Waals surface area contributed by atoms with Gasteiger partial charge in [0.2, 0.25) is 5.78 Å². The average Bonchev–Trinajstić information content (AvgIpc) is 3.42. The van der Waals surface area contributed by atoms with Crippen molar-refractivity contribution in [2.45, 2.75) is 38.6 Å². The molecule has 1 aliphatic rings. The second-order valence-electron chi connectivity index (χ2n) is 11.2. The van der Waals surface area contributed by atoms with Gasteiger partial charge in [0.15, 0.2) is 5.82 Å². The van der Waals surface area contributed by atoms with E-state index >= 15 is 0 Å².